The van der Waals surface area contributed by atoms with E-state index in [0.29, 0.717) is 18.8 Å². The second-order valence-corrected chi connectivity index (χ2v) is 8.78. The van der Waals surface area contributed by atoms with Crippen LogP contribution in [0.15, 0.2) is 23.1 Å². The molecule has 1 aromatic rings. The molecule has 0 atom stereocenters. The minimum Gasteiger partial charge on any atom is -0.452 e. The van der Waals surface area contributed by atoms with Gasteiger partial charge in [0, 0.05) is 27.2 Å². The molecule has 8 nitrogen and oxygen atoms in total. The molecule has 0 spiro atoms. The number of carbonyl (C=O) groups is 2. The monoisotopic (exact) mass is 437 g/mol. The van der Waals surface area contributed by atoms with Gasteiger partial charge in [-0.15, -0.1) is 0 Å². The van der Waals surface area contributed by atoms with Crippen LogP contribution in [0.4, 0.5) is 18.9 Å². The van der Waals surface area contributed by atoms with Gasteiger partial charge >= 0.3 is 12.1 Å². The van der Waals surface area contributed by atoms with Crippen molar-refractivity contribution in [3.63, 3.8) is 0 Å². The summed E-state index contributed by atoms with van der Waals surface area (Å²) in [5.74, 6) is -2.11. The molecule has 0 unspecified atom stereocenters. The second kappa shape index (κ2) is 8.99. The van der Waals surface area contributed by atoms with Crippen LogP contribution in [0.5, 0.6) is 0 Å². The summed E-state index contributed by atoms with van der Waals surface area (Å²) in [6.07, 6.45) is -2.80. The van der Waals surface area contributed by atoms with E-state index in [1.54, 1.807) is 5.32 Å². The van der Waals surface area contributed by atoms with Crippen LogP contribution in [0.2, 0.25) is 0 Å². The van der Waals surface area contributed by atoms with Gasteiger partial charge in [-0.2, -0.15) is 13.2 Å². The Bertz CT molecular complexity index is 866. The molecular formula is C17H22F3N3O5S. The maximum atomic E-state index is 12.5. The second-order valence-electron chi connectivity index (χ2n) is 6.63. The molecule has 0 saturated carbocycles. The van der Waals surface area contributed by atoms with Gasteiger partial charge in [-0.3, -0.25) is 4.79 Å². The lowest BCUT2D eigenvalue weighted by atomic mass is 10.1. The van der Waals surface area contributed by atoms with Crippen molar-refractivity contribution in [2.45, 2.75) is 23.9 Å². The number of benzene rings is 1. The lowest BCUT2D eigenvalue weighted by molar-refractivity contribution is -0.140. The van der Waals surface area contributed by atoms with Crippen molar-refractivity contribution >= 4 is 27.6 Å². The van der Waals surface area contributed by atoms with Crippen LogP contribution in [0.1, 0.15) is 23.2 Å². The van der Waals surface area contributed by atoms with Crippen LogP contribution in [-0.4, -0.2) is 71.1 Å². The molecule has 1 amide bonds. The van der Waals surface area contributed by atoms with Crippen molar-refractivity contribution in [3.8, 4) is 0 Å². The summed E-state index contributed by atoms with van der Waals surface area (Å²) in [5, 5.41) is 1.60. The Hall–Kier alpha value is -2.34. The molecule has 1 heterocycles. The van der Waals surface area contributed by atoms with Gasteiger partial charge in [0.25, 0.3) is 5.91 Å². The number of carbonyl (C=O) groups excluding carboxylic acids is 2. The first-order valence-corrected chi connectivity index (χ1v) is 10.2. The first kappa shape index (κ1) is 22.9. The summed E-state index contributed by atoms with van der Waals surface area (Å²) in [5.41, 5.74) is 0.374. The lowest BCUT2D eigenvalue weighted by Crippen LogP contribution is -2.36. The molecule has 12 heteroatoms. The number of nitrogens with one attached hydrogen (secondary N) is 1. The standard InChI is InChI=1S/C17H22F3N3O5S/c1-22(2)29(26,27)12-5-6-14(23-7-3-4-8-23)13(9-12)16(25)28-10-15(24)21-11-17(18,19)20/h5-6,9H,3-4,7-8,10-11H2,1-2H3,(H,21,24). The molecule has 1 fully saturated rings. The highest BCUT2D eigenvalue weighted by molar-refractivity contribution is 7.89. The predicted octanol–water partition coefficient (Wildman–Crippen LogP) is 1.37. The number of sulfonamides is 1. The highest BCUT2D eigenvalue weighted by Crippen LogP contribution is 2.28. The van der Waals surface area contributed by atoms with Crippen molar-refractivity contribution in [2.24, 2.45) is 0 Å². The molecule has 1 N–H and O–H groups in total. The normalized spacial score (nSPS) is 14.9. The maximum Gasteiger partial charge on any atom is 0.405 e. The van der Waals surface area contributed by atoms with E-state index in [4.69, 9.17) is 4.74 Å². The molecule has 0 aromatic heterocycles. The average Bonchev–Trinajstić information content (AvgIpc) is 3.17. The molecule has 1 aliphatic rings. The summed E-state index contributed by atoms with van der Waals surface area (Å²) >= 11 is 0. The van der Waals surface area contributed by atoms with Gasteiger partial charge in [-0.1, -0.05) is 0 Å². The van der Waals surface area contributed by atoms with Gasteiger partial charge in [0.05, 0.1) is 16.1 Å². The zero-order valence-electron chi connectivity index (χ0n) is 16.0. The van der Waals surface area contributed by atoms with Gasteiger partial charge < -0.3 is 15.0 Å². The van der Waals surface area contributed by atoms with Crippen molar-refractivity contribution in [1.82, 2.24) is 9.62 Å². The zero-order valence-corrected chi connectivity index (χ0v) is 16.8. The molecule has 0 bridgehead atoms. The summed E-state index contributed by atoms with van der Waals surface area (Å²) in [4.78, 5) is 25.7. The molecule has 162 valence electrons. The van der Waals surface area contributed by atoms with E-state index < -0.39 is 41.2 Å². The molecule has 1 saturated heterocycles. The van der Waals surface area contributed by atoms with E-state index in [2.05, 4.69) is 0 Å². The Morgan fingerprint density at radius 3 is 2.38 bits per heavy atom. The Morgan fingerprint density at radius 1 is 1.21 bits per heavy atom. The van der Waals surface area contributed by atoms with Gasteiger partial charge in [0.15, 0.2) is 6.61 Å². The van der Waals surface area contributed by atoms with E-state index in [9.17, 15) is 31.2 Å². The number of rotatable bonds is 7. The van der Waals surface area contributed by atoms with E-state index in [-0.39, 0.29) is 10.5 Å². The number of nitrogens with zero attached hydrogens (tertiary/aromatic N) is 2. The summed E-state index contributed by atoms with van der Waals surface area (Å²) in [6.45, 7) is -1.14. The highest BCUT2D eigenvalue weighted by atomic mass is 32.2. The summed E-state index contributed by atoms with van der Waals surface area (Å²) in [7, 11) is -1.15. The third kappa shape index (κ3) is 6.07. The van der Waals surface area contributed by atoms with Crippen molar-refractivity contribution in [3.05, 3.63) is 23.8 Å². The fourth-order valence-corrected chi connectivity index (χ4v) is 3.67. The maximum absolute atomic E-state index is 12.5. The number of ether oxygens (including phenoxy) is 1. The Balaban J connectivity index is 2.23. The Morgan fingerprint density at radius 2 is 1.83 bits per heavy atom. The number of alkyl halides is 3. The van der Waals surface area contributed by atoms with Crippen molar-refractivity contribution in [1.29, 1.82) is 0 Å². The lowest BCUT2D eigenvalue weighted by Gasteiger charge is -2.22. The first-order valence-electron chi connectivity index (χ1n) is 8.74. The fraction of sp³-hybridized carbons (Fsp3) is 0.529. The smallest absolute Gasteiger partial charge is 0.405 e. The van der Waals surface area contributed by atoms with E-state index in [1.165, 1.54) is 26.2 Å². The summed E-state index contributed by atoms with van der Waals surface area (Å²) < 4.78 is 67.0. The minimum absolute atomic E-state index is 0.0709. The number of anilines is 1. The van der Waals surface area contributed by atoms with Gasteiger partial charge in [0.1, 0.15) is 6.54 Å². The molecule has 2 rings (SSSR count). The van der Waals surface area contributed by atoms with Crippen LogP contribution >= 0.6 is 0 Å². The van der Waals surface area contributed by atoms with Gasteiger partial charge in [-0.05, 0) is 31.0 Å². The minimum atomic E-state index is -4.59. The topological polar surface area (TPSA) is 96.0 Å². The Labute approximate surface area is 166 Å². The first-order chi connectivity index (χ1) is 13.4. The number of hydrogen-bond acceptors (Lipinski definition) is 6. The molecular weight excluding hydrogens is 415 g/mol. The average molecular weight is 437 g/mol. The van der Waals surface area contributed by atoms with E-state index in [0.717, 1.165) is 23.2 Å². The highest BCUT2D eigenvalue weighted by Gasteiger charge is 2.29. The molecule has 29 heavy (non-hydrogen) atoms. The van der Waals surface area contributed by atoms with Crippen LogP contribution in [-0.2, 0) is 19.6 Å². The number of amides is 1. The van der Waals surface area contributed by atoms with Crippen LogP contribution < -0.4 is 10.2 Å². The van der Waals surface area contributed by atoms with Crippen LogP contribution in [0.25, 0.3) is 0 Å². The zero-order chi connectivity index (χ0) is 21.8. The number of hydrogen-bond donors (Lipinski definition) is 1. The quantitative estimate of drug-likeness (QED) is 0.648. The third-order valence-corrected chi connectivity index (χ3v) is 6.04. The number of esters is 1. The van der Waals surface area contributed by atoms with Gasteiger partial charge in [-0.25, -0.2) is 17.5 Å². The van der Waals surface area contributed by atoms with Crippen molar-refractivity contribution in [2.75, 3.05) is 45.2 Å². The van der Waals surface area contributed by atoms with Crippen molar-refractivity contribution < 1.29 is 35.9 Å². The van der Waals surface area contributed by atoms with E-state index >= 15 is 0 Å². The van der Waals surface area contributed by atoms with Gasteiger partial charge in [0.2, 0.25) is 10.0 Å². The largest absolute Gasteiger partial charge is 0.452 e. The molecule has 1 aromatic carbocycles. The fourth-order valence-electron chi connectivity index (χ4n) is 2.74. The predicted molar refractivity (Wildman–Crippen MR) is 98.1 cm³/mol. The number of halogens is 3. The Kier molecular flexibility index (Phi) is 7.11. The summed E-state index contributed by atoms with van der Waals surface area (Å²) in [6, 6.07) is 4.01. The van der Waals surface area contributed by atoms with Crippen LogP contribution in [0, 0.1) is 0 Å². The molecule has 1 aliphatic heterocycles. The molecule has 0 radical (unpaired) electrons. The van der Waals surface area contributed by atoms with E-state index in [1.807, 2.05) is 4.90 Å². The van der Waals surface area contributed by atoms with Crippen LogP contribution in [0.3, 0.4) is 0 Å². The SMILES string of the molecule is CN(C)S(=O)(=O)c1ccc(N2CCCC2)c(C(=O)OCC(=O)NCC(F)(F)F)c1. The third-order valence-electron chi connectivity index (χ3n) is 4.23. The molecule has 0 aliphatic carbocycles.